The van der Waals surface area contributed by atoms with Crippen LogP contribution in [0.25, 0.3) is 44.1 Å². The highest BCUT2D eigenvalue weighted by Crippen LogP contribution is 2.45. The van der Waals surface area contributed by atoms with Crippen LogP contribution in [0, 0.1) is 0 Å². The van der Waals surface area contributed by atoms with Gasteiger partial charge in [-0.2, -0.15) is 0 Å². The molecule has 6 aliphatic rings. The Morgan fingerprint density at radius 3 is 0.944 bits per heavy atom. The molecule has 8 bridgehead atoms. The van der Waals surface area contributed by atoms with Gasteiger partial charge >= 0.3 is 0 Å². The van der Waals surface area contributed by atoms with Crippen molar-refractivity contribution in [2.45, 2.75) is 89.9 Å². The van der Waals surface area contributed by atoms with Gasteiger partial charge in [-0.25, -0.2) is 39.9 Å². The summed E-state index contributed by atoms with van der Waals surface area (Å²) in [5, 5.41) is 58.0. The third-order valence-electron chi connectivity index (χ3n) is 25.0. The summed E-state index contributed by atoms with van der Waals surface area (Å²) in [4.78, 5) is 128. The van der Waals surface area contributed by atoms with Crippen LogP contribution in [0.1, 0.15) is 112 Å². The molecule has 0 radical (unpaired) electrons. The number of nitrogens with one attached hydrogen (secondary N) is 8. The molecule has 12 N–H and O–H groups in total. The van der Waals surface area contributed by atoms with E-state index in [9.17, 15) is 39.6 Å². The van der Waals surface area contributed by atoms with Crippen LogP contribution in [0.3, 0.4) is 0 Å². The van der Waals surface area contributed by atoms with E-state index in [4.69, 9.17) is 42.6 Å². The quantitative estimate of drug-likeness (QED) is 0.0735. The number of nitrogens with zero attached hydrogens (tertiary/aromatic N) is 19. The van der Waals surface area contributed by atoms with Crippen molar-refractivity contribution in [3.8, 4) is 69.5 Å². The molecule has 8 aromatic heterocycles. The minimum Gasteiger partial charge on any atom is -0.494 e. The molecule has 0 aliphatic carbocycles. The number of aromatic amines is 4. The molecule has 12 aromatic rings. The molecule has 0 saturated carbocycles. The maximum absolute atomic E-state index is 12.6. The van der Waals surface area contributed by atoms with Crippen molar-refractivity contribution in [3.63, 3.8) is 0 Å². The van der Waals surface area contributed by atoms with Crippen molar-refractivity contribution in [2.75, 3.05) is 226 Å². The molecule has 0 unspecified atom stereocenters. The summed E-state index contributed by atoms with van der Waals surface area (Å²) >= 11 is 0. The smallest absolute Gasteiger partial charge is 0.222 e. The number of hydrogen-bond donors (Lipinski definition) is 12. The standard InChI is InChI=1S/C26H34N8O3.C26H33N7O4.C24H30N6O5.C23H28N6O5/c1-32-10-12-34(13-11-32)20-7-6-18-15-21(20)37-14-3-5-22(35)33(2)9-4-8-27-24-23-19(16-28-18)26(36)31-25(23)30-17-29-24;1-32-9-4-8-27-24-23-19(26(35)31-25(23)30-17-29-24)16-28-18-6-7-20(33-10-13-36-14-11-33)21(15-18)37-12-3-2-5-22(32)34;1-30-9-6-8-25-22-20-16(24(32)29-23(20)28-14-27-22)13-26-15-11-17(33-2)21(34-3)18(12-15)35-10-5-4-7-19(30)31;1-29-8-5-7-24-21-19-15(23(31)28-22(19)27-13-26-21)12-25-14-10-16(32-2)20(33-3)17(11-14)34-9-4-6-18(29)30/h6-7,15-17,36H,3-5,8-14H2,1-2H3,(H2,27,29,30,31);6-7,15-17,35H,2-5,8-14H2,1H3,(H2,27,29,30,31);11-14,32H,4-10H2,1-3H3,(H2,25,27,28,29);10-13,31H,4-9H2,1-3H3,(H2,24,26,27,28). The number of hydrogen-bond acceptors (Lipinski definition) is 36. The lowest BCUT2D eigenvalue weighted by Crippen LogP contribution is -2.44. The van der Waals surface area contributed by atoms with Gasteiger partial charge in [-0.3, -0.25) is 39.1 Å². The molecule has 14 heterocycles. The second-order valence-electron chi connectivity index (χ2n) is 34.8. The predicted molar refractivity (Wildman–Crippen MR) is 547 cm³/mol. The van der Waals surface area contributed by atoms with Gasteiger partial charge in [0, 0.05) is 207 Å². The number of fused-ring (bicyclic) bond motifs is 8. The third-order valence-corrected chi connectivity index (χ3v) is 25.0. The van der Waals surface area contributed by atoms with E-state index in [1.807, 2.05) is 57.5 Å². The number of carbonyl (C=O) groups is 4. The van der Waals surface area contributed by atoms with Crippen LogP contribution in [0.4, 0.5) is 57.4 Å². The number of aliphatic imine (C=N–C) groups is 4. The van der Waals surface area contributed by atoms with Gasteiger partial charge in [0.15, 0.2) is 46.5 Å². The second-order valence-corrected chi connectivity index (χ2v) is 34.8. The molecule has 6 aliphatic heterocycles. The van der Waals surface area contributed by atoms with Gasteiger partial charge in [-0.1, -0.05) is 0 Å². The molecule has 18 rings (SSSR count). The number of H-pyrrole nitrogens is 4. The topological polar surface area (TPSA) is 519 Å². The lowest BCUT2D eigenvalue weighted by Gasteiger charge is -2.35. The largest absolute Gasteiger partial charge is 0.494 e. The number of aromatic hydroxyl groups is 4. The van der Waals surface area contributed by atoms with Crippen LogP contribution >= 0.6 is 0 Å². The molecule has 0 spiro atoms. The first-order valence-corrected chi connectivity index (χ1v) is 48.0. The fourth-order valence-corrected chi connectivity index (χ4v) is 17.0. The van der Waals surface area contributed by atoms with E-state index < -0.39 is 0 Å². The van der Waals surface area contributed by atoms with E-state index in [-0.39, 0.29) is 47.1 Å². The van der Waals surface area contributed by atoms with E-state index >= 15 is 0 Å². The average molecular weight is 1970 g/mol. The second kappa shape index (κ2) is 49.4. The highest BCUT2D eigenvalue weighted by molar-refractivity contribution is 6.09. The van der Waals surface area contributed by atoms with Gasteiger partial charge in [-0.05, 0) is 95.5 Å². The van der Waals surface area contributed by atoms with Crippen molar-refractivity contribution in [3.05, 3.63) is 108 Å². The Balaban J connectivity index is 0.000000144. The summed E-state index contributed by atoms with van der Waals surface area (Å²) in [6, 6.07) is 18.7. The number of carbonyl (C=O) groups excluding carboxylic acids is 4. The summed E-state index contributed by atoms with van der Waals surface area (Å²) in [6.07, 6.45) is 21.0. The molecular weight excluding hydrogens is 1840 g/mol. The van der Waals surface area contributed by atoms with Gasteiger partial charge < -0.3 is 139 Å². The zero-order chi connectivity index (χ0) is 100. The molecule has 4 amide bonds. The van der Waals surface area contributed by atoms with Crippen LogP contribution in [0.15, 0.2) is 106 Å². The van der Waals surface area contributed by atoms with Gasteiger partial charge in [0.05, 0.1) is 146 Å². The van der Waals surface area contributed by atoms with E-state index in [1.54, 1.807) is 90.0 Å². The molecule has 0 atom stereocenters. The number of anilines is 6. The molecule has 44 heteroatoms. The number of ether oxygens (including phenoxy) is 9. The third kappa shape index (κ3) is 25.9. The Morgan fingerprint density at radius 1 is 0.315 bits per heavy atom. The highest BCUT2D eigenvalue weighted by Gasteiger charge is 2.27. The zero-order valence-corrected chi connectivity index (χ0v) is 82.0. The van der Waals surface area contributed by atoms with Crippen LogP contribution in [0.2, 0.25) is 0 Å². The maximum Gasteiger partial charge on any atom is 0.222 e. The SMILES string of the molecule is CN1CCCNc2ncnc3[nH]c(O)c(c23)C=Nc2ccc(N3CCOCC3)c(c2)OCCCCC1=O.CN1CCN(c2ccc3cc2OCCCC(=O)N(C)CCCNc2ncnc4[nH]c(O)c(c24)C=N3)CC1.COc1cc2cc(c1OC)OCCCC(=O)N(C)CCCNc1ncnc3[nH]c(O)c(c13)C=N2.COc1cc2cc(c1OC)OCCCCC(=O)N(C)CCCNc1ncnc3[nH]c(O)c(c13)C=N2. The van der Waals surface area contributed by atoms with Crippen molar-refractivity contribution in [1.82, 2.24) is 84.3 Å². The Bertz CT molecular complexity index is 6530. The molecular formula is C99H125N27O17. The van der Waals surface area contributed by atoms with Crippen LogP contribution < -0.4 is 69.0 Å². The predicted octanol–water partition coefficient (Wildman–Crippen LogP) is 11.8. The van der Waals surface area contributed by atoms with Crippen LogP contribution in [-0.4, -0.2) is 348 Å². The van der Waals surface area contributed by atoms with E-state index in [0.717, 1.165) is 101 Å². The van der Waals surface area contributed by atoms with Crippen molar-refractivity contribution in [2.24, 2.45) is 20.0 Å². The Kier molecular flexibility index (Phi) is 35.1. The minimum absolute atomic E-state index is 0.0208. The molecule has 44 nitrogen and oxygen atoms in total. The molecule has 4 aromatic carbocycles. The average Bonchev–Trinajstić information content (AvgIpc) is 1.68. The van der Waals surface area contributed by atoms with Gasteiger partial charge in [0.2, 0.25) is 35.1 Å². The van der Waals surface area contributed by atoms with E-state index in [2.05, 4.69) is 123 Å². The molecule has 758 valence electrons. The van der Waals surface area contributed by atoms with Gasteiger partial charge in [-0.15, -0.1) is 0 Å². The summed E-state index contributed by atoms with van der Waals surface area (Å²) < 4.78 is 51.8. The number of morpholine rings is 1. The summed E-state index contributed by atoms with van der Waals surface area (Å²) in [5.74, 6) is 6.76. The fraction of sp³-hybridized carbons (Fsp3) is 0.434. The number of benzene rings is 4. The molecule has 143 heavy (non-hydrogen) atoms. The number of likely N-dealkylation sites (N-methyl/N-ethyl adjacent to an activating group) is 1. The fourth-order valence-electron chi connectivity index (χ4n) is 17.0. The van der Waals surface area contributed by atoms with E-state index in [1.165, 1.54) is 39.5 Å². The van der Waals surface area contributed by atoms with Crippen LogP contribution in [-0.2, 0) is 23.9 Å². The summed E-state index contributed by atoms with van der Waals surface area (Å²) in [6.45, 7) is 13.3. The Labute approximate surface area is 826 Å². The van der Waals surface area contributed by atoms with Gasteiger partial charge in [0.1, 0.15) is 82.7 Å². The molecule has 2 saturated heterocycles. The normalized spacial score (nSPS) is 16.8. The summed E-state index contributed by atoms with van der Waals surface area (Å²) in [5.41, 5.74) is 8.41. The van der Waals surface area contributed by atoms with Gasteiger partial charge in [0.25, 0.3) is 0 Å². The number of amides is 4. The minimum atomic E-state index is -0.0704. The lowest BCUT2D eigenvalue weighted by molar-refractivity contribution is -0.130. The number of methoxy groups -OCH3 is 4. The maximum atomic E-state index is 12.6. The number of aromatic nitrogens is 12. The number of piperazine rings is 1. The highest BCUT2D eigenvalue weighted by atomic mass is 16.5. The monoisotopic (exact) mass is 1960 g/mol. The lowest BCUT2D eigenvalue weighted by atomic mass is 10.2. The first-order chi connectivity index (χ1) is 69.6. The van der Waals surface area contributed by atoms with Crippen molar-refractivity contribution in [1.29, 1.82) is 0 Å². The Hall–Kier alpha value is -15.8. The van der Waals surface area contributed by atoms with Crippen molar-refractivity contribution < 1.29 is 82.2 Å². The zero-order valence-electron chi connectivity index (χ0n) is 82.0. The van der Waals surface area contributed by atoms with E-state index in [0.29, 0.717) is 290 Å². The van der Waals surface area contributed by atoms with Crippen LogP contribution in [0.5, 0.6) is 69.5 Å². The Morgan fingerprint density at radius 2 is 0.615 bits per heavy atom. The summed E-state index contributed by atoms with van der Waals surface area (Å²) in [7, 11) is 15.5. The molecule has 2 fully saturated rings. The number of rotatable bonds is 6. The first-order valence-electron chi connectivity index (χ1n) is 48.0. The van der Waals surface area contributed by atoms with Crippen molar-refractivity contribution >= 4 is 150 Å². The first kappa shape index (κ1) is 102.